The fourth-order valence-electron chi connectivity index (χ4n) is 3.85. The first-order valence-corrected chi connectivity index (χ1v) is 9.61. The normalized spacial score (nSPS) is 22.8. The van der Waals surface area contributed by atoms with Crippen LogP contribution in [-0.4, -0.2) is 35.7 Å². The first-order chi connectivity index (χ1) is 12.9. The molecule has 5 nitrogen and oxygen atoms in total. The Morgan fingerprint density at radius 2 is 2.00 bits per heavy atom. The fourth-order valence-corrected chi connectivity index (χ4v) is 4.12. The van der Waals surface area contributed by atoms with Crippen molar-refractivity contribution in [3.05, 3.63) is 63.6 Å². The van der Waals surface area contributed by atoms with Gasteiger partial charge in [-0.1, -0.05) is 15.9 Å². The van der Waals surface area contributed by atoms with E-state index < -0.39 is 5.60 Å². The van der Waals surface area contributed by atoms with Crippen molar-refractivity contribution in [2.24, 2.45) is 0 Å². The highest BCUT2D eigenvalue weighted by Gasteiger charge is 2.50. The summed E-state index contributed by atoms with van der Waals surface area (Å²) in [7, 11) is 0. The van der Waals surface area contributed by atoms with Crippen LogP contribution in [0.5, 0.6) is 5.75 Å². The topological polar surface area (TPSA) is 62.6 Å². The molecule has 2 aliphatic heterocycles. The van der Waals surface area contributed by atoms with E-state index in [2.05, 4.69) is 22.0 Å². The van der Waals surface area contributed by atoms with Gasteiger partial charge in [0.15, 0.2) is 0 Å². The van der Waals surface area contributed by atoms with Gasteiger partial charge < -0.3 is 14.4 Å². The number of carbonyl (C=O) groups is 1. The van der Waals surface area contributed by atoms with Crippen molar-refractivity contribution in [2.45, 2.75) is 31.6 Å². The van der Waals surface area contributed by atoms with E-state index in [1.54, 1.807) is 12.1 Å². The number of nitrogens with zero attached hydrogens (tertiary/aromatic N) is 2. The predicted octanol–water partition coefficient (Wildman–Crippen LogP) is 4.07. The monoisotopic (exact) mass is 426 g/mol. The van der Waals surface area contributed by atoms with Crippen molar-refractivity contribution in [1.82, 2.24) is 4.90 Å². The smallest absolute Gasteiger partial charge is 0.254 e. The predicted molar refractivity (Wildman–Crippen MR) is 104 cm³/mol. The van der Waals surface area contributed by atoms with Gasteiger partial charge >= 0.3 is 0 Å². The SMILES string of the molecule is CC1(C)Oc2ccc(C#N)cc2C2C1OCCN2C(=O)c1ccc(Br)cc1. The minimum absolute atomic E-state index is 0.0492. The fraction of sp³-hybridized carbons (Fsp3) is 0.333. The van der Waals surface area contributed by atoms with Crippen molar-refractivity contribution in [3.63, 3.8) is 0 Å². The summed E-state index contributed by atoms with van der Waals surface area (Å²) in [5.74, 6) is 0.645. The quantitative estimate of drug-likeness (QED) is 0.689. The molecular weight excluding hydrogens is 408 g/mol. The number of ether oxygens (including phenoxy) is 2. The van der Waals surface area contributed by atoms with Crippen LogP contribution in [0.4, 0.5) is 0 Å². The van der Waals surface area contributed by atoms with E-state index in [-0.39, 0.29) is 18.1 Å². The number of halogens is 1. The molecule has 138 valence electrons. The number of rotatable bonds is 1. The Hall–Kier alpha value is -2.36. The number of fused-ring (bicyclic) bond motifs is 3. The number of morpholine rings is 1. The molecule has 2 aromatic rings. The number of benzene rings is 2. The van der Waals surface area contributed by atoms with Gasteiger partial charge in [0.2, 0.25) is 0 Å². The van der Waals surface area contributed by atoms with E-state index in [4.69, 9.17) is 9.47 Å². The lowest BCUT2D eigenvalue weighted by Gasteiger charge is -2.51. The third kappa shape index (κ3) is 3.11. The minimum Gasteiger partial charge on any atom is -0.485 e. The lowest BCUT2D eigenvalue weighted by molar-refractivity contribution is -0.151. The Labute approximate surface area is 166 Å². The van der Waals surface area contributed by atoms with Crippen molar-refractivity contribution >= 4 is 21.8 Å². The van der Waals surface area contributed by atoms with E-state index in [0.717, 1.165) is 10.0 Å². The lowest BCUT2D eigenvalue weighted by atomic mass is 9.83. The molecule has 0 saturated carbocycles. The van der Waals surface area contributed by atoms with Crippen LogP contribution in [0.1, 0.15) is 41.4 Å². The van der Waals surface area contributed by atoms with Crippen LogP contribution >= 0.6 is 15.9 Å². The molecule has 1 amide bonds. The van der Waals surface area contributed by atoms with Gasteiger partial charge in [-0.3, -0.25) is 4.79 Å². The summed E-state index contributed by atoms with van der Waals surface area (Å²) >= 11 is 3.41. The number of amides is 1. The Morgan fingerprint density at radius 3 is 2.70 bits per heavy atom. The molecule has 4 rings (SSSR count). The Bertz CT molecular complexity index is 933. The van der Waals surface area contributed by atoms with E-state index in [1.807, 2.05) is 49.1 Å². The second-order valence-electron chi connectivity index (χ2n) is 7.31. The van der Waals surface area contributed by atoms with Gasteiger partial charge in [0.1, 0.15) is 17.5 Å². The van der Waals surface area contributed by atoms with Crippen LogP contribution in [0.15, 0.2) is 46.9 Å². The molecule has 0 N–H and O–H groups in total. The molecule has 0 aliphatic carbocycles. The maximum absolute atomic E-state index is 13.3. The molecule has 0 bridgehead atoms. The van der Waals surface area contributed by atoms with E-state index in [9.17, 15) is 10.1 Å². The standard InChI is InChI=1S/C21H19BrN2O3/c1-21(2)19-18(16-11-13(12-23)3-8-17(16)27-21)24(9-10-26-19)20(25)14-4-6-15(22)7-5-14/h3-8,11,18-19H,9-10H2,1-2H3. The van der Waals surface area contributed by atoms with Gasteiger partial charge in [-0.05, 0) is 56.3 Å². The molecule has 6 heteroatoms. The summed E-state index contributed by atoms with van der Waals surface area (Å²) < 4.78 is 13.1. The van der Waals surface area contributed by atoms with Crippen LogP contribution in [0.2, 0.25) is 0 Å². The summed E-state index contributed by atoms with van der Waals surface area (Å²) in [6.07, 6.45) is -0.313. The summed E-state index contributed by atoms with van der Waals surface area (Å²) in [5.41, 5.74) is 1.40. The summed E-state index contributed by atoms with van der Waals surface area (Å²) in [5, 5.41) is 9.31. The van der Waals surface area contributed by atoms with E-state index >= 15 is 0 Å². The molecule has 2 atom stereocenters. The summed E-state index contributed by atoms with van der Waals surface area (Å²) in [4.78, 5) is 15.1. The Kier molecular flexibility index (Phi) is 4.45. The molecule has 0 aromatic heterocycles. The maximum atomic E-state index is 13.3. The van der Waals surface area contributed by atoms with Gasteiger partial charge in [0, 0.05) is 22.1 Å². The zero-order chi connectivity index (χ0) is 19.2. The van der Waals surface area contributed by atoms with Gasteiger partial charge in [0.25, 0.3) is 5.91 Å². The number of carbonyl (C=O) groups excluding carboxylic acids is 1. The molecule has 0 spiro atoms. The van der Waals surface area contributed by atoms with Gasteiger partial charge in [0.05, 0.1) is 24.3 Å². The average molecular weight is 427 g/mol. The number of nitriles is 1. The first-order valence-electron chi connectivity index (χ1n) is 8.82. The van der Waals surface area contributed by atoms with Crippen molar-refractivity contribution in [3.8, 4) is 11.8 Å². The highest BCUT2D eigenvalue weighted by Crippen LogP contribution is 2.46. The highest BCUT2D eigenvalue weighted by molar-refractivity contribution is 9.10. The average Bonchev–Trinajstić information content (AvgIpc) is 2.67. The molecule has 0 radical (unpaired) electrons. The van der Waals surface area contributed by atoms with Crippen LogP contribution in [-0.2, 0) is 4.74 Å². The molecule has 1 fully saturated rings. The summed E-state index contributed by atoms with van der Waals surface area (Å²) in [6, 6.07) is 14.6. The van der Waals surface area contributed by atoms with E-state index in [1.165, 1.54) is 0 Å². The highest BCUT2D eigenvalue weighted by atomic mass is 79.9. The second-order valence-corrected chi connectivity index (χ2v) is 8.23. The van der Waals surface area contributed by atoms with Crippen LogP contribution in [0, 0.1) is 11.3 Å². The lowest BCUT2D eigenvalue weighted by Crippen LogP contribution is -2.59. The van der Waals surface area contributed by atoms with E-state index in [0.29, 0.717) is 30.0 Å². The third-order valence-electron chi connectivity index (χ3n) is 5.12. The van der Waals surface area contributed by atoms with Gasteiger partial charge in [-0.2, -0.15) is 5.26 Å². The number of hydrogen-bond donors (Lipinski definition) is 0. The van der Waals surface area contributed by atoms with Crippen molar-refractivity contribution in [2.75, 3.05) is 13.2 Å². The Balaban J connectivity index is 1.80. The molecule has 2 unspecified atom stereocenters. The van der Waals surface area contributed by atoms with Gasteiger partial charge in [-0.25, -0.2) is 0 Å². The Morgan fingerprint density at radius 1 is 1.26 bits per heavy atom. The van der Waals surface area contributed by atoms with Crippen LogP contribution in [0.3, 0.4) is 0 Å². The van der Waals surface area contributed by atoms with Gasteiger partial charge in [-0.15, -0.1) is 0 Å². The second kappa shape index (κ2) is 6.66. The van der Waals surface area contributed by atoms with Crippen molar-refractivity contribution in [1.29, 1.82) is 5.26 Å². The number of hydrogen-bond acceptors (Lipinski definition) is 4. The maximum Gasteiger partial charge on any atom is 0.254 e. The molecule has 2 aromatic carbocycles. The zero-order valence-corrected chi connectivity index (χ0v) is 16.7. The molecule has 1 saturated heterocycles. The van der Waals surface area contributed by atoms with Crippen molar-refractivity contribution < 1.29 is 14.3 Å². The first kappa shape index (κ1) is 18.0. The molecular formula is C21H19BrN2O3. The molecule has 27 heavy (non-hydrogen) atoms. The molecule has 2 aliphatic rings. The zero-order valence-electron chi connectivity index (χ0n) is 15.1. The van der Waals surface area contributed by atoms with Crippen LogP contribution in [0.25, 0.3) is 0 Å². The summed E-state index contributed by atoms with van der Waals surface area (Å²) in [6.45, 7) is 4.88. The third-order valence-corrected chi connectivity index (χ3v) is 5.65. The minimum atomic E-state index is -0.593. The molecule has 2 heterocycles. The van der Waals surface area contributed by atoms with Crippen LogP contribution < -0.4 is 4.74 Å². The largest absolute Gasteiger partial charge is 0.485 e.